The van der Waals surface area contributed by atoms with Gasteiger partial charge in [-0.15, -0.1) is 11.3 Å². The smallest absolute Gasteiger partial charge is 0.204 e. The van der Waals surface area contributed by atoms with Gasteiger partial charge in [0.1, 0.15) is 0 Å². The molecular weight excluding hydrogens is 467 g/mol. The Balaban J connectivity index is 2.45. The van der Waals surface area contributed by atoms with Gasteiger partial charge in [0.2, 0.25) is 5.78 Å². The first-order chi connectivity index (χ1) is 7.58. The van der Waals surface area contributed by atoms with E-state index in [1.165, 1.54) is 11.3 Å². The van der Waals surface area contributed by atoms with E-state index in [9.17, 15) is 4.79 Å². The fraction of sp³-hybridized carbons (Fsp3) is 0. The van der Waals surface area contributed by atoms with Crippen LogP contribution in [-0.4, -0.2) is 5.78 Å². The molecule has 5 heteroatoms. The van der Waals surface area contributed by atoms with E-state index >= 15 is 0 Å². The molecule has 0 bridgehead atoms. The summed E-state index contributed by atoms with van der Waals surface area (Å²) in [6.07, 6.45) is 0. The van der Waals surface area contributed by atoms with E-state index in [-0.39, 0.29) is 5.78 Å². The van der Waals surface area contributed by atoms with Crippen molar-refractivity contribution in [3.63, 3.8) is 0 Å². The molecule has 0 aliphatic heterocycles. The molecule has 0 radical (unpaired) electrons. The van der Waals surface area contributed by atoms with Crippen LogP contribution >= 0.6 is 65.8 Å². The van der Waals surface area contributed by atoms with Crippen molar-refractivity contribution in [2.75, 3.05) is 0 Å². The topological polar surface area (TPSA) is 17.1 Å². The molecule has 2 aromatic rings. The predicted octanol–water partition coefficient (Wildman–Crippen LogP) is 5.11. The molecule has 0 atom stereocenters. The Bertz CT molecular complexity index is 551. The first-order valence-corrected chi connectivity index (χ1v) is 7.81. The fourth-order valence-electron chi connectivity index (χ4n) is 1.24. The summed E-state index contributed by atoms with van der Waals surface area (Å²) in [6.45, 7) is 0. The van der Waals surface area contributed by atoms with Crippen molar-refractivity contribution < 1.29 is 4.79 Å². The zero-order valence-electron chi connectivity index (χ0n) is 7.84. The SMILES string of the molecule is O=C(c1ccc(Br)s1)c1cc(Br)ccc1I. The van der Waals surface area contributed by atoms with Crippen LogP contribution in [0, 0.1) is 3.57 Å². The van der Waals surface area contributed by atoms with Crippen LogP contribution in [0.5, 0.6) is 0 Å². The van der Waals surface area contributed by atoms with Gasteiger partial charge in [0.25, 0.3) is 0 Å². The number of thiophene rings is 1. The number of carbonyl (C=O) groups excluding carboxylic acids is 1. The Morgan fingerprint density at radius 2 is 1.94 bits per heavy atom. The van der Waals surface area contributed by atoms with Gasteiger partial charge in [-0.05, 0) is 68.9 Å². The maximum absolute atomic E-state index is 12.2. The second-order valence-electron chi connectivity index (χ2n) is 3.06. The minimum absolute atomic E-state index is 0.0707. The summed E-state index contributed by atoms with van der Waals surface area (Å²) in [5.74, 6) is 0.0707. The van der Waals surface area contributed by atoms with Gasteiger partial charge in [0, 0.05) is 13.6 Å². The lowest BCUT2D eigenvalue weighted by Crippen LogP contribution is -2.01. The summed E-state index contributed by atoms with van der Waals surface area (Å²) in [7, 11) is 0. The molecule has 0 amide bonds. The Morgan fingerprint density at radius 1 is 1.19 bits per heavy atom. The minimum atomic E-state index is 0.0707. The number of hydrogen-bond acceptors (Lipinski definition) is 2. The third kappa shape index (κ3) is 2.75. The van der Waals surface area contributed by atoms with Crippen LogP contribution in [-0.2, 0) is 0 Å². The summed E-state index contributed by atoms with van der Waals surface area (Å²) in [5.41, 5.74) is 0.740. The molecule has 0 fully saturated rings. The van der Waals surface area contributed by atoms with E-state index in [2.05, 4.69) is 54.5 Å². The molecule has 1 aromatic heterocycles. The second-order valence-corrected chi connectivity index (χ2v) is 7.60. The van der Waals surface area contributed by atoms with Crippen molar-refractivity contribution >= 4 is 71.6 Å². The highest BCUT2D eigenvalue weighted by Crippen LogP contribution is 2.27. The second kappa shape index (κ2) is 5.29. The van der Waals surface area contributed by atoms with Crippen LogP contribution in [0.25, 0.3) is 0 Å². The molecule has 1 nitrogen and oxygen atoms in total. The molecule has 1 heterocycles. The quantitative estimate of drug-likeness (QED) is 0.439. The van der Waals surface area contributed by atoms with E-state index in [0.717, 1.165) is 22.3 Å². The average molecular weight is 472 g/mol. The Kier molecular flexibility index (Phi) is 4.21. The number of ketones is 1. The van der Waals surface area contributed by atoms with Gasteiger partial charge in [0.15, 0.2) is 0 Å². The summed E-state index contributed by atoms with van der Waals surface area (Å²) in [4.78, 5) is 12.9. The zero-order chi connectivity index (χ0) is 11.7. The van der Waals surface area contributed by atoms with Crippen molar-refractivity contribution in [1.29, 1.82) is 0 Å². The van der Waals surface area contributed by atoms with Gasteiger partial charge in [-0.25, -0.2) is 0 Å². The van der Waals surface area contributed by atoms with Crippen LogP contribution < -0.4 is 0 Å². The summed E-state index contributed by atoms with van der Waals surface area (Å²) in [5, 5.41) is 0. The largest absolute Gasteiger partial charge is 0.288 e. The molecule has 0 N–H and O–H groups in total. The molecule has 0 saturated heterocycles. The van der Waals surface area contributed by atoms with Gasteiger partial charge >= 0.3 is 0 Å². The van der Waals surface area contributed by atoms with Crippen molar-refractivity contribution in [1.82, 2.24) is 0 Å². The van der Waals surface area contributed by atoms with Gasteiger partial charge < -0.3 is 0 Å². The number of hydrogen-bond donors (Lipinski definition) is 0. The first-order valence-electron chi connectivity index (χ1n) is 4.33. The van der Waals surface area contributed by atoms with Crippen LogP contribution in [0.15, 0.2) is 38.6 Å². The Hall–Kier alpha value is 0.280. The van der Waals surface area contributed by atoms with Crippen molar-refractivity contribution in [2.24, 2.45) is 0 Å². The third-order valence-electron chi connectivity index (χ3n) is 1.97. The number of carbonyl (C=O) groups is 1. The fourth-order valence-corrected chi connectivity index (χ4v) is 3.52. The Morgan fingerprint density at radius 3 is 2.56 bits per heavy atom. The van der Waals surface area contributed by atoms with E-state index in [1.807, 2.05) is 30.3 Å². The molecule has 0 spiro atoms. The van der Waals surface area contributed by atoms with Crippen molar-refractivity contribution in [3.8, 4) is 0 Å². The normalized spacial score (nSPS) is 10.4. The molecule has 0 unspecified atom stereocenters. The molecule has 0 aliphatic rings. The molecule has 1 aromatic carbocycles. The summed E-state index contributed by atoms with van der Waals surface area (Å²) < 4.78 is 2.86. The number of rotatable bonds is 2. The van der Waals surface area contributed by atoms with E-state index in [4.69, 9.17) is 0 Å². The lowest BCUT2D eigenvalue weighted by molar-refractivity contribution is 0.104. The average Bonchev–Trinajstić information content (AvgIpc) is 2.67. The summed E-state index contributed by atoms with van der Waals surface area (Å²) in [6, 6.07) is 9.46. The van der Waals surface area contributed by atoms with Crippen LogP contribution in [0.3, 0.4) is 0 Å². The predicted molar refractivity (Wildman–Crippen MR) is 82.3 cm³/mol. The van der Waals surface area contributed by atoms with Gasteiger partial charge in [0.05, 0.1) is 8.66 Å². The highest BCUT2D eigenvalue weighted by Gasteiger charge is 2.14. The maximum Gasteiger partial charge on any atom is 0.204 e. The monoisotopic (exact) mass is 470 g/mol. The lowest BCUT2D eigenvalue weighted by atomic mass is 10.1. The Labute approximate surface area is 128 Å². The van der Waals surface area contributed by atoms with Gasteiger partial charge in [-0.1, -0.05) is 15.9 Å². The summed E-state index contributed by atoms with van der Waals surface area (Å²) >= 11 is 10.4. The third-order valence-corrected chi connectivity index (χ3v) is 5.03. The van der Waals surface area contributed by atoms with Gasteiger partial charge in [-0.3, -0.25) is 4.79 Å². The highest BCUT2D eigenvalue weighted by atomic mass is 127. The number of benzene rings is 1. The van der Waals surface area contributed by atoms with E-state index in [0.29, 0.717) is 0 Å². The lowest BCUT2D eigenvalue weighted by Gasteiger charge is -2.02. The van der Waals surface area contributed by atoms with Gasteiger partial charge in [-0.2, -0.15) is 0 Å². The van der Waals surface area contributed by atoms with Crippen molar-refractivity contribution in [2.45, 2.75) is 0 Å². The molecular formula is C11H5Br2IOS. The first kappa shape index (κ1) is 12.7. The maximum atomic E-state index is 12.2. The number of halogens is 3. The molecule has 82 valence electrons. The van der Waals surface area contributed by atoms with E-state index in [1.54, 1.807) is 0 Å². The van der Waals surface area contributed by atoms with E-state index < -0.39 is 0 Å². The zero-order valence-corrected chi connectivity index (χ0v) is 14.0. The highest BCUT2D eigenvalue weighted by molar-refractivity contribution is 14.1. The standard InChI is InChI=1S/C11H5Br2IOS/c12-6-1-2-8(14)7(5-6)11(15)9-3-4-10(13)16-9/h1-5H. The van der Waals surface area contributed by atoms with Crippen LogP contribution in [0.4, 0.5) is 0 Å². The van der Waals surface area contributed by atoms with Crippen LogP contribution in [0.2, 0.25) is 0 Å². The van der Waals surface area contributed by atoms with Crippen molar-refractivity contribution in [3.05, 3.63) is 52.6 Å². The molecule has 0 saturated carbocycles. The minimum Gasteiger partial charge on any atom is -0.288 e. The molecule has 2 rings (SSSR count). The molecule has 0 aliphatic carbocycles. The van der Waals surface area contributed by atoms with Crippen LogP contribution in [0.1, 0.15) is 15.2 Å². The molecule has 16 heavy (non-hydrogen) atoms.